The average molecular weight is 630 g/mol. The largest absolute Gasteiger partial charge is 0.455 e. The first kappa shape index (κ1) is 27.7. The molecule has 230 valence electrons. The lowest BCUT2D eigenvalue weighted by Gasteiger charge is -2.58. The van der Waals surface area contributed by atoms with Crippen molar-refractivity contribution in [1.82, 2.24) is 0 Å². The van der Waals surface area contributed by atoms with Gasteiger partial charge in [0.15, 0.2) is 0 Å². The maximum atomic E-state index is 6.87. The normalized spacial score (nSPS) is 36.1. The highest BCUT2D eigenvalue weighted by Gasteiger charge is 2.55. The molecule has 0 amide bonds. The average Bonchev–Trinajstić information content (AvgIpc) is 2.94. The molecule has 3 aromatic carbocycles. The third kappa shape index (κ3) is 4.53. The van der Waals surface area contributed by atoms with Crippen LogP contribution in [0.25, 0.3) is 0 Å². The SMILES string of the molecule is Nc1ccc(Oc2cc(Oc3ccc(N)cc3Cl)c(C34CC5CC(CC(C5)C3)C4)cc2C23CC4CC(CC(C4)C2)C3)c(Cl)c1. The molecule has 0 aromatic heterocycles. The maximum absolute atomic E-state index is 6.87. The minimum absolute atomic E-state index is 0.138. The van der Waals surface area contributed by atoms with Crippen molar-refractivity contribution in [1.29, 1.82) is 0 Å². The summed E-state index contributed by atoms with van der Waals surface area (Å²) in [6.07, 6.45) is 16.0. The van der Waals surface area contributed by atoms with E-state index in [1.165, 1.54) is 88.2 Å². The maximum Gasteiger partial charge on any atom is 0.146 e. The van der Waals surface area contributed by atoms with Gasteiger partial charge in [0.1, 0.15) is 23.0 Å². The van der Waals surface area contributed by atoms with Crippen molar-refractivity contribution < 1.29 is 9.47 Å². The van der Waals surface area contributed by atoms with Crippen molar-refractivity contribution in [3.8, 4) is 23.0 Å². The standard InChI is InChI=1S/C38H42Cl2N2O2/c39-31-11-27(41)1-3-33(31)43-35-14-36(44-34-4-2-28(42)12-32(34)40)30(38-18-24-8-25(19-38)10-26(9-24)20-38)13-29(35)37-15-21-5-22(16-37)7-23(6-21)17-37/h1-4,11-14,21-26H,5-10,15-20,41-42H2. The Bertz CT molecular complexity index is 1460. The van der Waals surface area contributed by atoms with Crippen molar-refractivity contribution in [3.63, 3.8) is 0 Å². The van der Waals surface area contributed by atoms with E-state index in [1.54, 1.807) is 12.1 Å². The van der Waals surface area contributed by atoms with Crippen LogP contribution in [0.2, 0.25) is 10.0 Å². The summed E-state index contributed by atoms with van der Waals surface area (Å²) in [7, 11) is 0. The molecule has 0 saturated heterocycles. The van der Waals surface area contributed by atoms with Gasteiger partial charge in [-0.05, 0) is 166 Å². The van der Waals surface area contributed by atoms with Crippen molar-refractivity contribution in [2.24, 2.45) is 35.5 Å². The highest BCUT2D eigenvalue weighted by atomic mass is 35.5. The van der Waals surface area contributed by atoms with Crippen molar-refractivity contribution >= 4 is 34.6 Å². The number of hydrogen-bond acceptors (Lipinski definition) is 4. The van der Waals surface area contributed by atoms with E-state index in [0.717, 1.165) is 47.0 Å². The highest BCUT2D eigenvalue weighted by molar-refractivity contribution is 6.32. The molecule has 0 atom stereocenters. The number of ether oxygens (including phenoxy) is 2. The Morgan fingerprint density at radius 1 is 0.477 bits per heavy atom. The van der Waals surface area contributed by atoms with E-state index in [-0.39, 0.29) is 10.8 Å². The van der Waals surface area contributed by atoms with E-state index in [2.05, 4.69) is 12.1 Å². The number of halogens is 2. The van der Waals surface area contributed by atoms with Crippen molar-refractivity contribution in [2.45, 2.75) is 87.9 Å². The van der Waals surface area contributed by atoms with Crippen molar-refractivity contribution in [3.05, 3.63) is 69.7 Å². The molecule has 8 saturated carbocycles. The fraction of sp³-hybridized carbons (Fsp3) is 0.526. The molecule has 6 heteroatoms. The van der Waals surface area contributed by atoms with Gasteiger partial charge in [-0.1, -0.05) is 23.2 Å². The molecule has 8 fully saturated rings. The van der Waals surface area contributed by atoms with E-state index >= 15 is 0 Å². The summed E-state index contributed by atoms with van der Waals surface area (Å²) in [5, 5.41) is 1.05. The number of nitrogens with two attached hydrogens (primary N) is 2. The molecular formula is C38H42Cl2N2O2. The lowest BCUT2D eigenvalue weighted by atomic mass is 9.46. The summed E-state index contributed by atoms with van der Waals surface area (Å²) in [6, 6.07) is 15.8. The summed E-state index contributed by atoms with van der Waals surface area (Å²) in [6.45, 7) is 0. The summed E-state index contributed by atoms with van der Waals surface area (Å²) in [5.74, 6) is 7.93. The summed E-state index contributed by atoms with van der Waals surface area (Å²) >= 11 is 13.5. The fourth-order valence-corrected chi connectivity index (χ4v) is 12.3. The number of rotatable bonds is 6. The van der Waals surface area contributed by atoms with Crippen molar-refractivity contribution in [2.75, 3.05) is 11.5 Å². The van der Waals surface area contributed by atoms with Gasteiger partial charge in [-0.3, -0.25) is 0 Å². The van der Waals surface area contributed by atoms with Gasteiger partial charge >= 0.3 is 0 Å². The van der Waals surface area contributed by atoms with E-state index in [1.807, 2.05) is 24.3 Å². The van der Waals surface area contributed by atoms with Crippen LogP contribution < -0.4 is 20.9 Å². The highest BCUT2D eigenvalue weighted by Crippen LogP contribution is 2.66. The second-order valence-electron chi connectivity index (χ2n) is 15.8. The van der Waals surface area contributed by atoms with E-state index < -0.39 is 0 Å². The van der Waals surface area contributed by atoms with Crippen LogP contribution in [0.4, 0.5) is 11.4 Å². The molecule has 4 N–H and O–H groups in total. The van der Waals surface area contributed by atoms with Crippen LogP contribution in [0, 0.1) is 35.5 Å². The third-order valence-electron chi connectivity index (χ3n) is 12.7. The zero-order chi connectivity index (χ0) is 29.8. The number of anilines is 2. The van der Waals surface area contributed by atoms with Gasteiger partial charge in [-0.15, -0.1) is 0 Å². The van der Waals surface area contributed by atoms with Crippen LogP contribution >= 0.6 is 23.2 Å². The second-order valence-corrected chi connectivity index (χ2v) is 16.6. The Labute approximate surface area is 270 Å². The first-order valence-electron chi connectivity index (χ1n) is 16.9. The fourth-order valence-electron chi connectivity index (χ4n) is 11.9. The minimum Gasteiger partial charge on any atom is -0.455 e. The van der Waals surface area contributed by atoms with Gasteiger partial charge in [0, 0.05) is 28.6 Å². The molecule has 0 unspecified atom stereocenters. The molecule has 8 aliphatic carbocycles. The van der Waals surface area contributed by atoms with E-state index in [0.29, 0.717) is 32.9 Å². The summed E-state index contributed by atoms with van der Waals surface area (Å²) in [4.78, 5) is 0. The zero-order valence-corrected chi connectivity index (χ0v) is 26.8. The molecule has 0 spiro atoms. The van der Waals surface area contributed by atoms with Gasteiger partial charge in [-0.2, -0.15) is 0 Å². The zero-order valence-electron chi connectivity index (χ0n) is 25.3. The molecule has 11 rings (SSSR count). The molecule has 4 nitrogen and oxygen atoms in total. The van der Waals surface area contributed by atoms with Crippen LogP contribution in [0.3, 0.4) is 0 Å². The van der Waals surface area contributed by atoms with Gasteiger partial charge in [0.2, 0.25) is 0 Å². The molecule has 0 radical (unpaired) electrons. The van der Waals surface area contributed by atoms with Crippen LogP contribution in [0.1, 0.15) is 88.2 Å². The lowest BCUT2D eigenvalue weighted by molar-refractivity contribution is -0.00937. The van der Waals surface area contributed by atoms with Gasteiger partial charge < -0.3 is 20.9 Å². The third-order valence-corrected chi connectivity index (χ3v) is 13.2. The molecule has 44 heavy (non-hydrogen) atoms. The molecule has 8 aliphatic rings. The monoisotopic (exact) mass is 628 g/mol. The molecule has 0 aliphatic heterocycles. The molecule has 3 aromatic rings. The summed E-state index contributed by atoms with van der Waals surface area (Å²) < 4.78 is 13.7. The molecule has 8 bridgehead atoms. The summed E-state index contributed by atoms with van der Waals surface area (Å²) in [5.41, 5.74) is 16.4. The minimum atomic E-state index is 0.138. The van der Waals surface area contributed by atoms with Crippen LogP contribution in [0.15, 0.2) is 48.5 Å². The Morgan fingerprint density at radius 3 is 1.14 bits per heavy atom. The van der Waals surface area contributed by atoms with Crippen LogP contribution in [0.5, 0.6) is 23.0 Å². The number of hydrogen-bond donors (Lipinski definition) is 2. The smallest absolute Gasteiger partial charge is 0.146 e. The van der Waals surface area contributed by atoms with Gasteiger partial charge in [0.05, 0.1) is 10.0 Å². The Balaban J connectivity index is 1.24. The van der Waals surface area contributed by atoms with Gasteiger partial charge in [0.25, 0.3) is 0 Å². The van der Waals surface area contributed by atoms with E-state index in [9.17, 15) is 0 Å². The van der Waals surface area contributed by atoms with E-state index in [4.69, 9.17) is 44.1 Å². The Morgan fingerprint density at radius 2 is 0.818 bits per heavy atom. The predicted octanol–water partition coefficient (Wildman–Crippen LogP) is 10.7. The Kier molecular flexibility index (Phi) is 6.28. The predicted molar refractivity (Wildman–Crippen MR) is 178 cm³/mol. The number of benzene rings is 3. The quantitative estimate of drug-likeness (QED) is 0.266. The Hall–Kier alpha value is -2.56. The van der Waals surface area contributed by atoms with Gasteiger partial charge in [-0.25, -0.2) is 0 Å². The second kappa shape index (κ2) is 9.97. The first-order valence-corrected chi connectivity index (χ1v) is 17.6. The first-order chi connectivity index (χ1) is 21.2. The van der Waals surface area contributed by atoms with Crippen LogP contribution in [-0.4, -0.2) is 0 Å². The molecular weight excluding hydrogens is 587 g/mol. The topological polar surface area (TPSA) is 70.5 Å². The lowest BCUT2D eigenvalue weighted by Crippen LogP contribution is -2.50. The molecule has 0 heterocycles. The van der Waals surface area contributed by atoms with Crippen LogP contribution in [-0.2, 0) is 10.8 Å². The number of nitrogen functional groups attached to an aromatic ring is 2.